The van der Waals surface area contributed by atoms with E-state index in [-0.39, 0.29) is 22.9 Å². The number of nitrogens with zero attached hydrogens (tertiary/aromatic N) is 3. The van der Waals surface area contributed by atoms with E-state index in [2.05, 4.69) is 15.0 Å². The molecule has 6 nitrogen and oxygen atoms in total. The average Bonchev–Trinajstić information content (AvgIpc) is 2.68. The molecule has 1 N–H and O–H groups in total. The first-order valence-corrected chi connectivity index (χ1v) is 9.02. The molecule has 4 rings (SSSR count). The van der Waals surface area contributed by atoms with Crippen molar-refractivity contribution in [1.29, 1.82) is 0 Å². The number of likely N-dealkylation sites (tertiary alicyclic amines) is 1. The highest BCUT2D eigenvalue weighted by Crippen LogP contribution is 2.26. The summed E-state index contributed by atoms with van der Waals surface area (Å²) in [5.41, 5.74) is 3.06. The zero-order valence-electron chi connectivity index (χ0n) is 14.2. The van der Waals surface area contributed by atoms with Crippen LogP contribution in [0.4, 0.5) is 0 Å². The van der Waals surface area contributed by atoms with Gasteiger partial charge in [-0.25, -0.2) is 0 Å². The second-order valence-electron chi connectivity index (χ2n) is 6.94. The molecule has 2 aromatic heterocycles. The van der Waals surface area contributed by atoms with Crippen LogP contribution >= 0.6 is 0 Å². The Bertz CT molecular complexity index is 831. The summed E-state index contributed by atoms with van der Waals surface area (Å²) in [6, 6.07) is 1.82. The molecular weight excluding hydrogens is 316 g/mol. The Balaban J connectivity index is 1.57. The standard InChI is InChI=1S/C19H22N4O2/c24-18-15(10-13-4-1-2-6-16(13)22-18)19(25)23-9-3-5-14(12-23)17-11-20-7-8-21-17/h7-8,10-11,14H,1-6,9,12H2,(H,22,24). The predicted octanol–water partition coefficient (Wildman–Crippen LogP) is 2.06. The van der Waals surface area contributed by atoms with Gasteiger partial charge in [-0.2, -0.15) is 0 Å². The predicted molar refractivity (Wildman–Crippen MR) is 93.6 cm³/mol. The Labute approximate surface area is 146 Å². The molecule has 0 spiro atoms. The number of H-pyrrole nitrogens is 1. The number of carbonyl (C=O) groups excluding carboxylic acids is 1. The van der Waals surface area contributed by atoms with Crippen molar-refractivity contribution >= 4 is 5.91 Å². The molecule has 0 bridgehead atoms. The van der Waals surface area contributed by atoms with E-state index >= 15 is 0 Å². The lowest BCUT2D eigenvalue weighted by Crippen LogP contribution is -2.41. The van der Waals surface area contributed by atoms with Gasteiger partial charge < -0.3 is 9.88 Å². The number of amides is 1. The van der Waals surface area contributed by atoms with E-state index in [1.54, 1.807) is 23.5 Å². The second kappa shape index (κ2) is 6.78. The normalized spacial score (nSPS) is 20.2. The number of hydrogen-bond donors (Lipinski definition) is 1. The number of nitrogens with one attached hydrogen (secondary N) is 1. The number of hydrogen-bond acceptors (Lipinski definition) is 4. The quantitative estimate of drug-likeness (QED) is 0.909. The lowest BCUT2D eigenvalue weighted by atomic mass is 9.93. The van der Waals surface area contributed by atoms with Gasteiger partial charge in [0.25, 0.3) is 11.5 Å². The van der Waals surface area contributed by atoms with Crippen molar-refractivity contribution < 1.29 is 4.79 Å². The van der Waals surface area contributed by atoms with Gasteiger partial charge in [0.1, 0.15) is 5.56 Å². The van der Waals surface area contributed by atoms with Gasteiger partial charge in [-0.15, -0.1) is 0 Å². The summed E-state index contributed by atoms with van der Waals surface area (Å²) in [4.78, 5) is 38.6. The lowest BCUT2D eigenvalue weighted by Gasteiger charge is -2.32. The maximum absolute atomic E-state index is 13.0. The molecule has 1 unspecified atom stereocenters. The molecule has 2 aliphatic rings. The first kappa shape index (κ1) is 16.0. The number of fused-ring (bicyclic) bond motifs is 1. The molecule has 1 aliphatic carbocycles. The van der Waals surface area contributed by atoms with Crippen LogP contribution in [0.15, 0.2) is 29.5 Å². The van der Waals surface area contributed by atoms with E-state index in [0.29, 0.717) is 13.1 Å². The molecule has 1 fully saturated rings. The summed E-state index contributed by atoms with van der Waals surface area (Å²) < 4.78 is 0. The topological polar surface area (TPSA) is 79.0 Å². The van der Waals surface area contributed by atoms with E-state index < -0.39 is 0 Å². The smallest absolute Gasteiger partial charge is 0.261 e. The van der Waals surface area contributed by atoms with Crippen molar-refractivity contribution in [3.8, 4) is 0 Å². The Kier molecular flexibility index (Phi) is 4.34. The van der Waals surface area contributed by atoms with Crippen LogP contribution in [0.3, 0.4) is 0 Å². The third-order valence-corrected chi connectivity index (χ3v) is 5.28. The lowest BCUT2D eigenvalue weighted by molar-refractivity contribution is 0.0703. The highest BCUT2D eigenvalue weighted by Gasteiger charge is 2.28. The van der Waals surface area contributed by atoms with E-state index in [4.69, 9.17) is 0 Å². The summed E-state index contributed by atoms with van der Waals surface area (Å²) in [7, 11) is 0. The summed E-state index contributed by atoms with van der Waals surface area (Å²) in [5, 5.41) is 0. The van der Waals surface area contributed by atoms with E-state index in [9.17, 15) is 9.59 Å². The van der Waals surface area contributed by atoms with Crippen LogP contribution in [0.1, 0.15) is 58.9 Å². The van der Waals surface area contributed by atoms with Gasteiger partial charge in [0.15, 0.2) is 0 Å². The van der Waals surface area contributed by atoms with Crippen LogP contribution in [0.25, 0.3) is 0 Å². The van der Waals surface area contributed by atoms with Crippen molar-refractivity contribution in [2.24, 2.45) is 0 Å². The number of aryl methyl sites for hydroxylation is 2. The molecule has 1 saturated heterocycles. The second-order valence-corrected chi connectivity index (χ2v) is 6.94. The molecular formula is C19H22N4O2. The summed E-state index contributed by atoms with van der Waals surface area (Å²) >= 11 is 0. The minimum Gasteiger partial charge on any atom is -0.338 e. The molecule has 6 heteroatoms. The van der Waals surface area contributed by atoms with Crippen molar-refractivity contribution in [2.75, 3.05) is 13.1 Å². The van der Waals surface area contributed by atoms with Crippen LogP contribution in [-0.2, 0) is 12.8 Å². The van der Waals surface area contributed by atoms with Gasteiger partial charge in [0.2, 0.25) is 0 Å². The van der Waals surface area contributed by atoms with E-state index in [0.717, 1.165) is 55.5 Å². The van der Waals surface area contributed by atoms with Crippen LogP contribution in [0.5, 0.6) is 0 Å². The summed E-state index contributed by atoms with van der Waals surface area (Å²) in [6.07, 6.45) is 11.1. The largest absolute Gasteiger partial charge is 0.338 e. The molecule has 1 amide bonds. The van der Waals surface area contributed by atoms with E-state index in [1.165, 1.54) is 0 Å². The fourth-order valence-electron chi connectivity index (χ4n) is 3.93. The molecule has 130 valence electrons. The fraction of sp³-hybridized carbons (Fsp3) is 0.474. The zero-order valence-corrected chi connectivity index (χ0v) is 14.2. The first-order chi connectivity index (χ1) is 12.2. The molecule has 3 heterocycles. The molecule has 25 heavy (non-hydrogen) atoms. The monoisotopic (exact) mass is 338 g/mol. The van der Waals surface area contributed by atoms with Crippen LogP contribution in [0, 0.1) is 0 Å². The highest BCUT2D eigenvalue weighted by atomic mass is 16.2. The maximum Gasteiger partial charge on any atom is 0.261 e. The number of aromatic amines is 1. The highest BCUT2D eigenvalue weighted by molar-refractivity contribution is 5.94. The maximum atomic E-state index is 13.0. The van der Waals surface area contributed by atoms with E-state index in [1.807, 2.05) is 6.07 Å². The molecule has 0 saturated carbocycles. The molecule has 1 atom stereocenters. The third kappa shape index (κ3) is 3.21. The average molecular weight is 338 g/mol. The molecule has 2 aromatic rings. The Morgan fingerprint density at radius 2 is 2.08 bits per heavy atom. The van der Waals surface area contributed by atoms with Crippen molar-refractivity contribution in [2.45, 2.75) is 44.4 Å². The molecule has 0 radical (unpaired) electrons. The van der Waals surface area contributed by atoms with Crippen molar-refractivity contribution in [3.05, 3.63) is 57.5 Å². The van der Waals surface area contributed by atoms with Gasteiger partial charge in [-0.1, -0.05) is 0 Å². The van der Waals surface area contributed by atoms with Gasteiger partial charge in [0.05, 0.1) is 5.69 Å². The van der Waals surface area contributed by atoms with Gasteiger partial charge >= 0.3 is 0 Å². The third-order valence-electron chi connectivity index (χ3n) is 5.28. The number of piperidine rings is 1. The van der Waals surface area contributed by atoms with Crippen LogP contribution in [-0.4, -0.2) is 38.8 Å². The van der Waals surface area contributed by atoms with Crippen molar-refractivity contribution in [1.82, 2.24) is 19.9 Å². The number of rotatable bonds is 2. The molecule has 1 aliphatic heterocycles. The SMILES string of the molecule is O=C(c1cc2c([nH]c1=O)CCCC2)N1CCCC(c2cnccn2)C1. The Morgan fingerprint density at radius 3 is 2.92 bits per heavy atom. The molecule has 0 aromatic carbocycles. The number of carbonyl (C=O) groups is 1. The summed E-state index contributed by atoms with van der Waals surface area (Å²) in [6.45, 7) is 1.28. The van der Waals surface area contributed by atoms with Gasteiger partial charge in [-0.3, -0.25) is 19.6 Å². The Hall–Kier alpha value is -2.50. The fourth-order valence-corrected chi connectivity index (χ4v) is 3.93. The number of aromatic nitrogens is 3. The van der Waals surface area contributed by atoms with Gasteiger partial charge in [-0.05, 0) is 50.2 Å². The summed E-state index contributed by atoms with van der Waals surface area (Å²) in [5.74, 6) is 0.0197. The minimum absolute atomic E-state index is 0.164. The van der Waals surface area contributed by atoms with Crippen molar-refractivity contribution in [3.63, 3.8) is 0 Å². The van der Waals surface area contributed by atoms with Gasteiger partial charge in [0, 0.05) is 43.3 Å². The zero-order chi connectivity index (χ0) is 17.2. The van der Waals surface area contributed by atoms with Crippen LogP contribution in [0.2, 0.25) is 0 Å². The minimum atomic E-state index is -0.257. The number of pyridine rings is 1. The Morgan fingerprint density at radius 1 is 1.20 bits per heavy atom. The van der Waals surface area contributed by atoms with Crippen LogP contribution < -0.4 is 5.56 Å². The first-order valence-electron chi connectivity index (χ1n) is 9.02.